The van der Waals surface area contributed by atoms with Crippen molar-refractivity contribution in [2.75, 3.05) is 32.0 Å². The first-order chi connectivity index (χ1) is 10.8. The van der Waals surface area contributed by atoms with Crippen molar-refractivity contribution < 1.29 is 5.11 Å². The zero-order valence-electron chi connectivity index (χ0n) is 12.5. The van der Waals surface area contributed by atoms with Gasteiger partial charge in [0.25, 0.3) is 5.56 Å². The second-order valence-corrected chi connectivity index (χ2v) is 6.53. The molecule has 0 bridgehead atoms. The number of piperidine rings is 1. The molecule has 3 rings (SSSR count). The number of hydrogen-bond acceptors (Lipinski definition) is 6. The van der Waals surface area contributed by atoms with Crippen molar-refractivity contribution in [2.24, 2.45) is 0 Å². The maximum Gasteiger partial charge on any atom is 0.262 e. The first-order valence-corrected chi connectivity index (χ1v) is 8.68. The first-order valence-electron chi connectivity index (χ1n) is 7.70. The molecule has 0 spiro atoms. The number of rotatable bonds is 6. The van der Waals surface area contributed by atoms with Crippen LogP contribution in [0.15, 0.2) is 16.1 Å². The summed E-state index contributed by atoms with van der Waals surface area (Å²) in [7, 11) is 0. The van der Waals surface area contributed by atoms with Gasteiger partial charge in [0.05, 0.1) is 19.3 Å². The van der Waals surface area contributed by atoms with Gasteiger partial charge in [-0.05, 0) is 25.9 Å². The Morgan fingerprint density at radius 1 is 1.27 bits per heavy atom. The van der Waals surface area contributed by atoms with Gasteiger partial charge in [0, 0.05) is 12.3 Å². The third-order valence-electron chi connectivity index (χ3n) is 3.89. The lowest BCUT2D eigenvalue weighted by atomic mass is 10.1. The van der Waals surface area contributed by atoms with Crippen molar-refractivity contribution in [3.05, 3.63) is 16.6 Å². The molecule has 7 nitrogen and oxygen atoms in total. The zero-order valence-corrected chi connectivity index (χ0v) is 13.3. The van der Waals surface area contributed by atoms with E-state index in [0.717, 1.165) is 12.3 Å². The van der Waals surface area contributed by atoms with Gasteiger partial charge in [0.1, 0.15) is 5.39 Å². The van der Waals surface area contributed by atoms with Crippen LogP contribution in [0.25, 0.3) is 11.0 Å². The van der Waals surface area contributed by atoms with E-state index in [2.05, 4.69) is 20.0 Å². The number of aromatic nitrogens is 4. The number of nitrogens with one attached hydrogen (secondary N) is 1. The van der Waals surface area contributed by atoms with Gasteiger partial charge in [0.15, 0.2) is 10.8 Å². The highest BCUT2D eigenvalue weighted by Crippen LogP contribution is 2.16. The molecule has 22 heavy (non-hydrogen) atoms. The number of hydrogen-bond donors (Lipinski definition) is 2. The van der Waals surface area contributed by atoms with Crippen LogP contribution in [-0.4, -0.2) is 61.7 Å². The van der Waals surface area contributed by atoms with E-state index in [-0.39, 0.29) is 12.2 Å². The van der Waals surface area contributed by atoms with Crippen LogP contribution >= 0.6 is 11.8 Å². The van der Waals surface area contributed by atoms with Crippen LogP contribution in [-0.2, 0) is 6.54 Å². The summed E-state index contributed by atoms with van der Waals surface area (Å²) in [6.07, 6.45) is 5.40. The van der Waals surface area contributed by atoms with E-state index in [1.54, 1.807) is 16.4 Å². The molecule has 1 aliphatic rings. The summed E-state index contributed by atoms with van der Waals surface area (Å²) in [5.74, 6) is 0.905. The number of likely N-dealkylation sites (tertiary alicyclic amines) is 1. The van der Waals surface area contributed by atoms with E-state index in [1.807, 2.05) is 0 Å². The van der Waals surface area contributed by atoms with Gasteiger partial charge >= 0.3 is 0 Å². The van der Waals surface area contributed by atoms with Crippen molar-refractivity contribution in [3.63, 3.8) is 0 Å². The standard InChI is InChI=1S/C14H21N5O2S/c20-8-6-19-12-11(10-15-19)13(21)17-14(16-12)22-9-7-18-4-2-1-3-5-18/h10,20H,1-9H2,(H,16,17,21). The minimum absolute atomic E-state index is 0.0251. The van der Waals surface area contributed by atoms with Gasteiger partial charge in [-0.1, -0.05) is 18.2 Å². The minimum atomic E-state index is -0.172. The highest BCUT2D eigenvalue weighted by Gasteiger charge is 2.12. The summed E-state index contributed by atoms with van der Waals surface area (Å²) in [6, 6.07) is 0. The summed E-state index contributed by atoms with van der Waals surface area (Å²) in [4.78, 5) is 21.8. The van der Waals surface area contributed by atoms with Crippen molar-refractivity contribution in [1.29, 1.82) is 0 Å². The molecule has 2 N–H and O–H groups in total. The van der Waals surface area contributed by atoms with Crippen molar-refractivity contribution in [2.45, 2.75) is 31.0 Å². The summed E-state index contributed by atoms with van der Waals surface area (Å²) in [5, 5.41) is 14.2. The molecule has 2 aromatic heterocycles. The summed E-state index contributed by atoms with van der Waals surface area (Å²) in [6.45, 7) is 3.68. The molecule has 0 aliphatic carbocycles. The second-order valence-electron chi connectivity index (χ2n) is 5.45. The Labute approximate surface area is 132 Å². The molecule has 0 atom stereocenters. The molecule has 0 aromatic carbocycles. The molecule has 2 aromatic rings. The van der Waals surface area contributed by atoms with Crippen LogP contribution in [0.1, 0.15) is 19.3 Å². The van der Waals surface area contributed by atoms with Crippen LogP contribution in [0.3, 0.4) is 0 Å². The van der Waals surface area contributed by atoms with Crippen LogP contribution in [0.2, 0.25) is 0 Å². The monoisotopic (exact) mass is 323 g/mol. The minimum Gasteiger partial charge on any atom is -0.394 e. The SMILES string of the molecule is O=c1[nH]c(SCCN2CCCCC2)nc2c1cnn2CCO. The fourth-order valence-corrected chi connectivity index (χ4v) is 3.59. The van der Waals surface area contributed by atoms with E-state index >= 15 is 0 Å². The van der Waals surface area contributed by atoms with Gasteiger partial charge in [0.2, 0.25) is 0 Å². The van der Waals surface area contributed by atoms with Crippen LogP contribution in [0.5, 0.6) is 0 Å². The van der Waals surface area contributed by atoms with Gasteiger partial charge in [-0.25, -0.2) is 9.67 Å². The van der Waals surface area contributed by atoms with E-state index in [1.165, 1.54) is 38.5 Å². The predicted molar refractivity (Wildman–Crippen MR) is 86.2 cm³/mol. The number of thioether (sulfide) groups is 1. The van der Waals surface area contributed by atoms with E-state index in [9.17, 15) is 4.79 Å². The lowest BCUT2D eigenvalue weighted by Crippen LogP contribution is -2.31. The van der Waals surface area contributed by atoms with Crippen LogP contribution in [0.4, 0.5) is 0 Å². The number of aromatic amines is 1. The topological polar surface area (TPSA) is 87.0 Å². The third-order valence-corrected chi connectivity index (χ3v) is 4.74. The molecule has 120 valence electrons. The Morgan fingerprint density at radius 2 is 2.09 bits per heavy atom. The van der Waals surface area contributed by atoms with Crippen molar-refractivity contribution >= 4 is 22.8 Å². The average Bonchev–Trinajstić information content (AvgIpc) is 2.93. The first kappa shape index (κ1) is 15.5. The Hall–Kier alpha value is -1.38. The highest BCUT2D eigenvalue weighted by atomic mass is 32.2. The van der Waals surface area contributed by atoms with E-state index in [4.69, 9.17) is 5.11 Å². The summed E-state index contributed by atoms with van der Waals surface area (Å²) >= 11 is 1.56. The Balaban J connectivity index is 1.67. The Kier molecular flexibility index (Phi) is 5.12. The van der Waals surface area contributed by atoms with Crippen LogP contribution < -0.4 is 5.56 Å². The van der Waals surface area contributed by atoms with E-state index in [0.29, 0.717) is 22.7 Å². The summed E-state index contributed by atoms with van der Waals surface area (Å²) in [5.41, 5.74) is 0.368. The fourth-order valence-electron chi connectivity index (χ4n) is 2.73. The molecule has 1 fully saturated rings. The third kappa shape index (κ3) is 3.50. The Morgan fingerprint density at radius 3 is 2.86 bits per heavy atom. The molecule has 0 saturated carbocycles. The number of H-pyrrole nitrogens is 1. The van der Waals surface area contributed by atoms with Gasteiger partial charge in [-0.3, -0.25) is 4.79 Å². The molecule has 0 amide bonds. The normalized spacial score (nSPS) is 16.4. The molecule has 0 unspecified atom stereocenters. The van der Waals surface area contributed by atoms with Crippen molar-refractivity contribution in [3.8, 4) is 0 Å². The number of fused-ring (bicyclic) bond motifs is 1. The van der Waals surface area contributed by atoms with Gasteiger partial charge in [-0.15, -0.1) is 0 Å². The molecule has 1 aliphatic heterocycles. The molecule has 8 heteroatoms. The number of nitrogens with zero attached hydrogens (tertiary/aromatic N) is 4. The predicted octanol–water partition coefficient (Wildman–Crippen LogP) is 0.690. The highest BCUT2D eigenvalue weighted by molar-refractivity contribution is 7.99. The molecular weight excluding hydrogens is 302 g/mol. The van der Waals surface area contributed by atoms with Crippen molar-refractivity contribution in [1.82, 2.24) is 24.6 Å². The lowest BCUT2D eigenvalue weighted by molar-refractivity contribution is 0.242. The largest absolute Gasteiger partial charge is 0.394 e. The molecule has 1 saturated heterocycles. The zero-order chi connectivity index (χ0) is 15.4. The van der Waals surface area contributed by atoms with E-state index < -0.39 is 0 Å². The van der Waals surface area contributed by atoms with Gasteiger partial charge < -0.3 is 15.0 Å². The molecular formula is C14H21N5O2S. The maximum absolute atomic E-state index is 12.0. The number of aliphatic hydroxyl groups is 1. The maximum atomic E-state index is 12.0. The van der Waals surface area contributed by atoms with Gasteiger partial charge in [-0.2, -0.15) is 5.10 Å². The molecule has 0 radical (unpaired) electrons. The smallest absolute Gasteiger partial charge is 0.262 e. The Bertz CT molecular complexity index is 677. The average molecular weight is 323 g/mol. The number of aliphatic hydroxyl groups excluding tert-OH is 1. The second kappa shape index (κ2) is 7.26. The lowest BCUT2D eigenvalue weighted by Gasteiger charge is -2.25. The molecule has 3 heterocycles. The fraction of sp³-hybridized carbons (Fsp3) is 0.643. The van der Waals surface area contributed by atoms with Crippen LogP contribution in [0, 0.1) is 0 Å². The quantitative estimate of drug-likeness (QED) is 0.601. The summed E-state index contributed by atoms with van der Waals surface area (Å²) < 4.78 is 1.57.